The van der Waals surface area contributed by atoms with Crippen LogP contribution in [0.2, 0.25) is 26.2 Å². The van der Waals surface area contributed by atoms with E-state index in [2.05, 4.69) is 30.8 Å². The van der Waals surface area contributed by atoms with E-state index < -0.39 is 16.5 Å². The van der Waals surface area contributed by atoms with Crippen molar-refractivity contribution in [1.82, 2.24) is 4.65 Å². The molecule has 0 aromatic heterocycles. The van der Waals surface area contributed by atoms with Crippen LogP contribution < -0.4 is 16.1 Å². The Morgan fingerprint density at radius 1 is 0.909 bits per heavy atom. The van der Waals surface area contributed by atoms with Gasteiger partial charge in [0.25, 0.3) is 0 Å². The first-order valence-corrected chi connectivity index (χ1v) is 10.4. The van der Waals surface area contributed by atoms with Gasteiger partial charge in [-0.2, -0.15) is 0 Å². The van der Waals surface area contributed by atoms with Crippen LogP contribution in [-0.4, -0.2) is 28.8 Å². The third-order valence-electron chi connectivity index (χ3n) is 1.70. The molecule has 0 spiro atoms. The monoisotopic (exact) mass is 191 g/mol. The summed E-state index contributed by atoms with van der Waals surface area (Å²) >= 11 is 0. The van der Waals surface area contributed by atoms with Gasteiger partial charge in [-0.15, -0.1) is 0 Å². The van der Waals surface area contributed by atoms with Crippen molar-refractivity contribution in [3.8, 4) is 0 Å². The number of nitrogens with two attached hydrogens (primary N) is 2. The maximum atomic E-state index is 5.65. The highest BCUT2D eigenvalue weighted by Gasteiger charge is 2.28. The lowest BCUT2D eigenvalue weighted by Gasteiger charge is -2.32. The standard InChI is InChI=1S/C6H21N3Si2/c1-10(2,5-7)9-11(3,4)6-8/h9H,5-8H2,1-4H3. The maximum absolute atomic E-state index is 5.65. The molecule has 0 aromatic carbocycles. The molecule has 0 aromatic rings. The molecule has 0 rings (SSSR count). The molecule has 0 heterocycles. The van der Waals surface area contributed by atoms with Crippen molar-refractivity contribution in [3.63, 3.8) is 0 Å². The molecule has 0 amide bonds. The molecular weight excluding hydrogens is 170 g/mol. The predicted octanol–water partition coefficient (Wildman–Crippen LogP) is -0.0180. The van der Waals surface area contributed by atoms with Gasteiger partial charge in [0.15, 0.2) is 0 Å². The fourth-order valence-corrected chi connectivity index (χ4v) is 9.16. The minimum Gasteiger partial charge on any atom is -0.358 e. The molecule has 0 aliphatic heterocycles. The smallest absolute Gasteiger partial charge is 0.126 e. The lowest BCUT2D eigenvalue weighted by atomic mass is 11.5. The van der Waals surface area contributed by atoms with Crippen molar-refractivity contribution >= 4 is 16.5 Å². The number of hydrogen-bond acceptors (Lipinski definition) is 3. The van der Waals surface area contributed by atoms with Crippen LogP contribution in [0, 0.1) is 0 Å². The summed E-state index contributed by atoms with van der Waals surface area (Å²) < 4.78 is 3.66. The molecule has 3 nitrogen and oxygen atoms in total. The summed E-state index contributed by atoms with van der Waals surface area (Å²) in [5.41, 5.74) is 11.3. The molecule has 0 saturated heterocycles. The van der Waals surface area contributed by atoms with E-state index >= 15 is 0 Å². The van der Waals surface area contributed by atoms with E-state index in [4.69, 9.17) is 11.5 Å². The van der Waals surface area contributed by atoms with Crippen molar-refractivity contribution < 1.29 is 0 Å². The highest BCUT2D eigenvalue weighted by molar-refractivity contribution is 6.91. The van der Waals surface area contributed by atoms with E-state index in [1.807, 2.05) is 0 Å². The van der Waals surface area contributed by atoms with Crippen LogP contribution in [0.25, 0.3) is 0 Å². The Labute approximate surface area is 71.7 Å². The highest BCUT2D eigenvalue weighted by Crippen LogP contribution is 2.01. The molecule has 0 atom stereocenters. The van der Waals surface area contributed by atoms with Crippen LogP contribution in [-0.2, 0) is 0 Å². The Morgan fingerprint density at radius 3 is 1.36 bits per heavy atom. The van der Waals surface area contributed by atoms with E-state index in [1.165, 1.54) is 0 Å². The van der Waals surface area contributed by atoms with E-state index in [0.29, 0.717) is 0 Å². The lowest BCUT2D eigenvalue weighted by Crippen LogP contribution is -2.65. The second-order valence-corrected chi connectivity index (χ2v) is 13.7. The molecule has 11 heavy (non-hydrogen) atoms. The summed E-state index contributed by atoms with van der Waals surface area (Å²) in [5.74, 6) is 0. The van der Waals surface area contributed by atoms with Gasteiger partial charge in [0.05, 0.1) is 0 Å². The van der Waals surface area contributed by atoms with Crippen LogP contribution in [0.3, 0.4) is 0 Å². The lowest BCUT2D eigenvalue weighted by molar-refractivity contribution is 1.14. The quantitative estimate of drug-likeness (QED) is 0.547. The van der Waals surface area contributed by atoms with Gasteiger partial charge in [0.2, 0.25) is 0 Å². The largest absolute Gasteiger partial charge is 0.358 e. The van der Waals surface area contributed by atoms with Crippen LogP contribution in [0.15, 0.2) is 0 Å². The second kappa shape index (κ2) is 3.82. The van der Waals surface area contributed by atoms with Gasteiger partial charge < -0.3 is 16.1 Å². The van der Waals surface area contributed by atoms with Crippen LogP contribution >= 0.6 is 0 Å². The third kappa shape index (κ3) is 4.70. The molecule has 5 N–H and O–H groups in total. The molecule has 0 saturated carbocycles. The number of rotatable bonds is 4. The van der Waals surface area contributed by atoms with Crippen molar-refractivity contribution in [2.45, 2.75) is 26.2 Å². The summed E-state index contributed by atoms with van der Waals surface area (Å²) in [5, 5.41) is 0. The summed E-state index contributed by atoms with van der Waals surface area (Å²) in [6.07, 6.45) is 1.59. The van der Waals surface area contributed by atoms with Gasteiger partial charge >= 0.3 is 0 Å². The average Bonchev–Trinajstić information content (AvgIpc) is 1.86. The molecule has 0 aliphatic rings. The predicted molar refractivity (Wildman–Crippen MR) is 56.2 cm³/mol. The Kier molecular flexibility index (Phi) is 3.92. The Bertz CT molecular complexity index is 111. The van der Waals surface area contributed by atoms with Gasteiger partial charge in [-0.25, -0.2) is 0 Å². The average molecular weight is 191 g/mol. The zero-order valence-corrected chi connectivity index (χ0v) is 10.1. The first kappa shape index (κ1) is 11.3. The van der Waals surface area contributed by atoms with Crippen LogP contribution in [0.4, 0.5) is 0 Å². The molecular formula is C6H21N3Si2. The van der Waals surface area contributed by atoms with Gasteiger partial charge in [0.1, 0.15) is 16.5 Å². The van der Waals surface area contributed by atoms with Crippen LogP contribution in [0.1, 0.15) is 0 Å². The van der Waals surface area contributed by atoms with Gasteiger partial charge in [0, 0.05) is 12.3 Å². The summed E-state index contributed by atoms with van der Waals surface area (Å²) in [7, 11) is -2.65. The molecule has 0 aliphatic carbocycles. The maximum Gasteiger partial charge on any atom is 0.126 e. The summed E-state index contributed by atoms with van der Waals surface area (Å²) in [6.45, 7) is 8.99. The zero-order valence-electron chi connectivity index (χ0n) is 8.07. The summed E-state index contributed by atoms with van der Waals surface area (Å²) in [6, 6.07) is 0. The first-order valence-electron chi connectivity index (χ1n) is 4.02. The van der Waals surface area contributed by atoms with Gasteiger partial charge in [-0.1, -0.05) is 26.2 Å². The fraction of sp³-hybridized carbons (Fsp3) is 1.00. The number of nitrogens with one attached hydrogen (secondary N) is 1. The van der Waals surface area contributed by atoms with Crippen molar-refractivity contribution in [2.24, 2.45) is 11.5 Å². The molecule has 0 bridgehead atoms. The molecule has 0 fully saturated rings. The normalized spacial score (nSPS) is 13.6. The second-order valence-electron chi connectivity index (χ2n) is 4.30. The molecule has 0 radical (unpaired) electrons. The number of hydrogen-bond donors (Lipinski definition) is 3. The van der Waals surface area contributed by atoms with Crippen molar-refractivity contribution in [3.05, 3.63) is 0 Å². The summed E-state index contributed by atoms with van der Waals surface area (Å²) in [4.78, 5) is 0. The minimum atomic E-state index is -1.32. The van der Waals surface area contributed by atoms with E-state index in [-0.39, 0.29) is 0 Å². The van der Waals surface area contributed by atoms with Crippen LogP contribution in [0.5, 0.6) is 0 Å². The van der Waals surface area contributed by atoms with E-state index in [9.17, 15) is 0 Å². The SMILES string of the molecule is C[Si](C)(CN)N[Si](C)(C)CN. The van der Waals surface area contributed by atoms with Crippen molar-refractivity contribution in [1.29, 1.82) is 0 Å². The Hall–Kier alpha value is 0.314. The third-order valence-corrected chi connectivity index (χ3v) is 9.15. The molecule has 5 heteroatoms. The molecule has 0 unspecified atom stereocenters. The fourth-order valence-electron chi connectivity index (χ4n) is 1.02. The van der Waals surface area contributed by atoms with E-state index in [0.717, 1.165) is 12.3 Å². The Balaban J connectivity index is 4.02. The van der Waals surface area contributed by atoms with E-state index in [1.54, 1.807) is 0 Å². The first-order chi connectivity index (χ1) is 4.83. The highest BCUT2D eigenvalue weighted by atomic mass is 28.4. The Morgan fingerprint density at radius 2 is 1.18 bits per heavy atom. The minimum absolute atomic E-state index is 0.795. The van der Waals surface area contributed by atoms with Crippen molar-refractivity contribution in [2.75, 3.05) is 12.3 Å². The molecule has 68 valence electrons. The topological polar surface area (TPSA) is 64.1 Å². The van der Waals surface area contributed by atoms with Gasteiger partial charge in [-0.05, 0) is 0 Å². The van der Waals surface area contributed by atoms with Gasteiger partial charge in [-0.3, -0.25) is 0 Å². The zero-order chi connectivity index (χ0) is 9.12.